The van der Waals surface area contributed by atoms with E-state index in [1.165, 1.54) is 7.11 Å². The Morgan fingerprint density at radius 3 is 2.55 bits per heavy atom. The molecule has 110 valence electrons. The number of carbonyl (C=O) groups is 2. The van der Waals surface area contributed by atoms with E-state index in [9.17, 15) is 9.59 Å². The summed E-state index contributed by atoms with van der Waals surface area (Å²) < 4.78 is 4.73. The summed E-state index contributed by atoms with van der Waals surface area (Å²) in [5, 5.41) is 2.74. The van der Waals surface area contributed by atoms with Crippen LogP contribution in [0.4, 0.5) is 0 Å². The zero-order chi connectivity index (χ0) is 15.1. The van der Waals surface area contributed by atoms with E-state index < -0.39 is 12.0 Å². The third kappa shape index (κ3) is 4.56. The Labute approximate surface area is 124 Å². The number of ether oxygens (including phenoxy) is 1. The Hall–Kier alpha value is -1.49. The molecule has 1 amide bonds. The van der Waals surface area contributed by atoms with E-state index in [0.717, 1.165) is 16.9 Å². The highest BCUT2D eigenvalue weighted by Crippen LogP contribution is 2.11. The molecule has 1 aromatic rings. The summed E-state index contributed by atoms with van der Waals surface area (Å²) in [4.78, 5) is 23.8. The second kappa shape index (κ2) is 7.94. The third-order valence-corrected chi connectivity index (χ3v) is 3.81. The standard InChI is InChI=1S/C15H21NO3S/c1-10-5-6-12(9-11(10)2)14(17)16-13(7-8-20-4)15(18)19-3/h5-6,9,13H,7-8H2,1-4H3,(H,16,17)/t13-/m1/s1. The molecule has 0 heterocycles. The Kier molecular flexibility index (Phi) is 6.58. The van der Waals surface area contributed by atoms with Gasteiger partial charge in [0.25, 0.3) is 5.91 Å². The lowest BCUT2D eigenvalue weighted by atomic mass is 10.1. The molecule has 0 saturated carbocycles. The summed E-state index contributed by atoms with van der Waals surface area (Å²) in [6, 6.07) is 4.90. The summed E-state index contributed by atoms with van der Waals surface area (Å²) in [6.45, 7) is 3.95. The van der Waals surface area contributed by atoms with Gasteiger partial charge in [0, 0.05) is 5.56 Å². The van der Waals surface area contributed by atoms with Crippen LogP contribution in [0.25, 0.3) is 0 Å². The minimum absolute atomic E-state index is 0.246. The van der Waals surface area contributed by atoms with Crippen LogP contribution in [0.2, 0.25) is 0 Å². The van der Waals surface area contributed by atoms with E-state index in [1.54, 1.807) is 17.8 Å². The van der Waals surface area contributed by atoms with E-state index in [1.807, 2.05) is 32.2 Å². The highest BCUT2D eigenvalue weighted by molar-refractivity contribution is 7.98. The fourth-order valence-electron chi connectivity index (χ4n) is 1.75. The van der Waals surface area contributed by atoms with Gasteiger partial charge in [-0.25, -0.2) is 4.79 Å². The van der Waals surface area contributed by atoms with Crippen molar-refractivity contribution >= 4 is 23.6 Å². The molecule has 1 atom stereocenters. The highest BCUT2D eigenvalue weighted by atomic mass is 32.2. The number of amides is 1. The molecule has 1 aromatic carbocycles. The van der Waals surface area contributed by atoms with E-state index in [2.05, 4.69) is 5.32 Å². The van der Waals surface area contributed by atoms with Crippen LogP contribution in [0.15, 0.2) is 18.2 Å². The van der Waals surface area contributed by atoms with E-state index >= 15 is 0 Å². The quantitative estimate of drug-likeness (QED) is 0.818. The molecular formula is C15H21NO3S. The largest absolute Gasteiger partial charge is 0.467 e. The molecule has 0 bridgehead atoms. The van der Waals surface area contributed by atoms with Crippen molar-refractivity contribution in [3.8, 4) is 0 Å². The van der Waals surface area contributed by atoms with Crippen LogP contribution in [0, 0.1) is 13.8 Å². The van der Waals surface area contributed by atoms with Crippen molar-refractivity contribution in [3.63, 3.8) is 0 Å². The van der Waals surface area contributed by atoms with Gasteiger partial charge >= 0.3 is 5.97 Å². The predicted octanol–water partition coefficient (Wildman–Crippen LogP) is 2.33. The van der Waals surface area contributed by atoms with Gasteiger partial charge in [0.05, 0.1) is 7.11 Å². The summed E-state index contributed by atoms with van der Waals surface area (Å²) in [7, 11) is 1.33. The molecule has 0 radical (unpaired) electrons. The number of carbonyl (C=O) groups excluding carboxylic acids is 2. The predicted molar refractivity (Wildman–Crippen MR) is 82.2 cm³/mol. The normalized spacial score (nSPS) is 11.8. The molecule has 0 aliphatic carbocycles. The average Bonchev–Trinajstić information content (AvgIpc) is 2.45. The number of thioether (sulfide) groups is 1. The van der Waals surface area contributed by atoms with Crippen LogP contribution in [-0.2, 0) is 9.53 Å². The summed E-state index contributed by atoms with van der Waals surface area (Å²) in [5.74, 6) is 0.133. The number of hydrogen-bond donors (Lipinski definition) is 1. The number of benzene rings is 1. The van der Waals surface area contributed by atoms with Crippen LogP contribution in [0.5, 0.6) is 0 Å². The monoisotopic (exact) mass is 295 g/mol. The van der Waals surface area contributed by atoms with Crippen molar-refractivity contribution < 1.29 is 14.3 Å². The molecule has 1 N–H and O–H groups in total. The van der Waals surface area contributed by atoms with Gasteiger partial charge in [0.2, 0.25) is 0 Å². The van der Waals surface area contributed by atoms with Gasteiger partial charge in [0.15, 0.2) is 0 Å². The van der Waals surface area contributed by atoms with Crippen LogP contribution in [0.1, 0.15) is 27.9 Å². The summed E-state index contributed by atoms with van der Waals surface area (Å²) in [6.07, 6.45) is 2.52. The maximum absolute atomic E-state index is 12.2. The number of rotatable bonds is 6. The Bertz CT molecular complexity index is 488. The molecule has 5 heteroatoms. The van der Waals surface area contributed by atoms with Gasteiger partial charge in [0.1, 0.15) is 6.04 Å². The molecule has 0 fully saturated rings. The second-order valence-electron chi connectivity index (χ2n) is 4.63. The molecule has 4 nitrogen and oxygen atoms in total. The van der Waals surface area contributed by atoms with Crippen molar-refractivity contribution in [1.29, 1.82) is 0 Å². The van der Waals surface area contributed by atoms with Gasteiger partial charge in [-0.05, 0) is 55.5 Å². The fourth-order valence-corrected chi connectivity index (χ4v) is 2.22. The van der Waals surface area contributed by atoms with Gasteiger partial charge < -0.3 is 10.1 Å². The molecule has 1 rings (SSSR count). The lowest BCUT2D eigenvalue weighted by Gasteiger charge is -2.16. The van der Waals surface area contributed by atoms with Crippen LogP contribution in [-0.4, -0.2) is 37.0 Å². The lowest BCUT2D eigenvalue weighted by molar-refractivity contribution is -0.142. The first kappa shape index (κ1) is 16.6. The van der Waals surface area contributed by atoms with Crippen molar-refractivity contribution in [1.82, 2.24) is 5.32 Å². The first-order chi connectivity index (χ1) is 9.49. The zero-order valence-corrected chi connectivity index (χ0v) is 13.2. The van der Waals surface area contributed by atoms with Crippen molar-refractivity contribution in [2.24, 2.45) is 0 Å². The molecule has 0 spiro atoms. The van der Waals surface area contributed by atoms with Crippen molar-refractivity contribution in [3.05, 3.63) is 34.9 Å². The topological polar surface area (TPSA) is 55.4 Å². The number of methoxy groups -OCH3 is 1. The van der Waals surface area contributed by atoms with Crippen LogP contribution >= 0.6 is 11.8 Å². The van der Waals surface area contributed by atoms with Crippen molar-refractivity contribution in [2.75, 3.05) is 19.1 Å². The molecule has 0 aromatic heterocycles. The Morgan fingerprint density at radius 1 is 1.30 bits per heavy atom. The first-order valence-corrected chi connectivity index (χ1v) is 7.84. The molecule has 0 unspecified atom stereocenters. The van der Waals surface area contributed by atoms with Gasteiger partial charge in [-0.2, -0.15) is 11.8 Å². The van der Waals surface area contributed by atoms with Crippen molar-refractivity contribution in [2.45, 2.75) is 26.3 Å². The Morgan fingerprint density at radius 2 is 2.00 bits per heavy atom. The molecular weight excluding hydrogens is 274 g/mol. The SMILES string of the molecule is COC(=O)[C@@H](CCSC)NC(=O)c1ccc(C)c(C)c1. The fraction of sp³-hybridized carbons (Fsp3) is 0.467. The number of esters is 1. The van der Waals surface area contributed by atoms with Crippen LogP contribution < -0.4 is 5.32 Å². The summed E-state index contributed by atoms with van der Waals surface area (Å²) >= 11 is 1.63. The maximum Gasteiger partial charge on any atom is 0.328 e. The minimum Gasteiger partial charge on any atom is -0.467 e. The number of nitrogens with one attached hydrogen (secondary N) is 1. The minimum atomic E-state index is -0.596. The Balaban J connectivity index is 2.78. The molecule has 20 heavy (non-hydrogen) atoms. The van der Waals surface area contributed by atoms with E-state index in [-0.39, 0.29) is 5.91 Å². The summed E-state index contributed by atoms with van der Waals surface area (Å²) in [5.41, 5.74) is 2.75. The molecule has 0 aliphatic heterocycles. The molecule has 0 aliphatic rings. The zero-order valence-electron chi connectivity index (χ0n) is 12.4. The third-order valence-electron chi connectivity index (χ3n) is 3.17. The highest BCUT2D eigenvalue weighted by Gasteiger charge is 2.21. The number of hydrogen-bond acceptors (Lipinski definition) is 4. The average molecular weight is 295 g/mol. The first-order valence-electron chi connectivity index (χ1n) is 6.44. The lowest BCUT2D eigenvalue weighted by Crippen LogP contribution is -2.42. The smallest absolute Gasteiger partial charge is 0.328 e. The van der Waals surface area contributed by atoms with Gasteiger partial charge in [-0.1, -0.05) is 6.07 Å². The second-order valence-corrected chi connectivity index (χ2v) is 5.62. The number of aryl methyl sites for hydroxylation is 2. The van der Waals surface area contributed by atoms with Gasteiger partial charge in [-0.15, -0.1) is 0 Å². The molecule has 0 saturated heterocycles. The van der Waals surface area contributed by atoms with Gasteiger partial charge in [-0.3, -0.25) is 4.79 Å². The maximum atomic E-state index is 12.2. The van der Waals surface area contributed by atoms with E-state index in [4.69, 9.17) is 4.74 Å². The van der Waals surface area contributed by atoms with E-state index in [0.29, 0.717) is 12.0 Å². The van der Waals surface area contributed by atoms with Crippen LogP contribution in [0.3, 0.4) is 0 Å².